The third kappa shape index (κ3) is 46.2. The van der Waals surface area contributed by atoms with E-state index in [9.17, 15) is 19.4 Å². The van der Waals surface area contributed by atoms with E-state index in [4.69, 9.17) is 14.8 Å². The van der Waals surface area contributed by atoms with Gasteiger partial charge in [0.05, 0.1) is 25.4 Å². The number of aliphatic hydroxyl groups is 1. The van der Waals surface area contributed by atoms with Gasteiger partial charge >= 0.3 is 7.82 Å². The molecule has 0 aliphatic heterocycles. The summed E-state index contributed by atoms with van der Waals surface area (Å²) in [5, 5.41) is 13.8. The number of amides is 1. The second-order valence-corrected chi connectivity index (χ2v) is 18.8. The van der Waals surface area contributed by atoms with E-state index >= 15 is 0 Å². The Hall–Kier alpha value is -1.80. The largest absolute Gasteiger partial charge is 0.472 e. The van der Waals surface area contributed by atoms with Crippen LogP contribution in [0.15, 0.2) is 60.8 Å². The SMILES string of the molecule is CC/C=C\C/C=C\C/C=C\C/C=C\CCCCCCCCCCCCC(=O)NC(COP(=O)(O)OCCN)C(O)/C=C/CCCCCCCCCCCCCCCCCCCC. The van der Waals surface area contributed by atoms with Crippen molar-refractivity contribution in [2.45, 2.75) is 251 Å². The normalized spacial score (nSPS) is 14.3. The molecule has 0 aliphatic carbocycles. The van der Waals surface area contributed by atoms with Gasteiger partial charge in [0.2, 0.25) is 5.91 Å². The number of phosphoric acid groups is 1. The summed E-state index contributed by atoms with van der Waals surface area (Å²) in [5.74, 6) is -0.199. The fraction of sp³-hybridized carbons (Fsp3) is 0.792. The zero-order valence-corrected chi connectivity index (χ0v) is 41.2. The van der Waals surface area contributed by atoms with Crippen LogP contribution >= 0.6 is 7.82 Å². The average molecular weight is 891 g/mol. The molecule has 3 unspecified atom stereocenters. The Kier molecular flexibility index (Phi) is 47.2. The van der Waals surface area contributed by atoms with Crippen molar-refractivity contribution >= 4 is 13.7 Å². The molecule has 0 fully saturated rings. The standard InChI is InChI=1S/C53H99N2O6P/c1-3-5-7-9-11-13-15-17-19-21-23-25-26-27-29-31-33-35-37-39-41-43-45-47-53(57)55-51(50-61-62(58,59)60-49-48-54)52(56)46-44-42-40-38-36-34-32-30-28-24-22-20-18-16-14-12-10-8-6-4-2/h5,7,11,13,17,19,23,25,44,46,51-52,56H,3-4,6,8-10,12,14-16,18,20-22,24,26-43,45,47-50,54H2,1-2H3,(H,55,57)(H,58,59)/b7-5-,13-11-,19-17-,25-23-,46-44+. The maximum atomic E-state index is 12.8. The van der Waals surface area contributed by atoms with Gasteiger partial charge in [-0.15, -0.1) is 0 Å². The molecule has 0 heterocycles. The van der Waals surface area contributed by atoms with Crippen molar-refractivity contribution in [1.29, 1.82) is 0 Å². The van der Waals surface area contributed by atoms with Crippen molar-refractivity contribution in [3.63, 3.8) is 0 Å². The number of carbonyl (C=O) groups is 1. The molecule has 0 saturated heterocycles. The summed E-state index contributed by atoms with van der Waals surface area (Å²) in [6, 6.07) is -0.866. The summed E-state index contributed by atoms with van der Waals surface area (Å²) in [6.45, 7) is 4.04. The molecule has 62 heavy (non-hydrogen) atoms. The summed E-state index contributed by atoms with van der Waals surface area (Å²) in [7, 11) is -4.35. The van der Waals surface area contributed by atoms with Gasteiger partial charge in [-0.25, -0.2) is 4.57 Å². The lowest BCUT2D eigenvalue weighted by Crippen LogP contribution is -2.45. The lowest BCUT2D eigenvalue weighted by Gasteiger charge is -2.23. The van der Waals surface area contributed by atoms with Crippen LogP contribution in [0.5, 0.6) is 0 Å². The number of hydrogen-bond acceptors (Lipinski definition) is 6. The first-order chi connectivity index (χ1) is 30.4. The predicted molar refractivity (Wildman–Crippen MR) is 267 cm³/mol. The number of aliphatic hydroxyl groups excluding tert-OH is 1. The highest BCUT2D eigenvalue weighted by molar-refractivity contribution is 7.47. The molecule has 1 amide bonds. The van der Waals surface area contributed by atoms with Gasteiger partial charge < -0.3 is 21.1 Å². The Balaban J connectivity index is 4.10. The lowest BCUT2D eigenvalue weighted by molar-refractivity contribution is -0.123. The fourth-order valence-electron chi connectivity index (χ4n) is 7.48. The van der Waals surface area contributed by atoms with Gasteiger partial charge in [-0.1, -0.05) is 235 Å². The van der Waals surface area contributed by atoms with Gasteiger partial charge in [0.15, 0.2) is 0 Å². The summed E-state index contributed by atoms with van der Waals surface area (Å²) in [6.07, 6.45) is 62.8. The van der Waals surface area contributed by atoms with Crippen molar-refractivity contribution in [3.05, 3.63) is 60.8 Å². The quantitative estimate of drug-likeness (QED) is 0.0272. The summed E-state index contributed by atoms with van der Waals surface area (Å²) >= 11 is 0. The number of nitrogens with one attached hydrogen (secondary N) is 1. The number of hydrogen-bond donors (Lipinski definition) is 4. The van der Waals surface area contributed by atoms with Crippen LogP contribution in [0, 0.1) is 0 Å². The molecule has 0 bridgehead atoms. The first-order valence-corrected chi connectivity index (χ1v) is 27.4. The minimum Gasteiger partial charge on any atom is -0.387 e. The molecule has 0 rings (SSSR count). The van der Waals surface area contributed by atoms with Gasteiger partial charge in [0, 0.05) is 13.0 Å². The topological polar surface area (TPSA) is 131 Å². The van der Waals surface area contributed by atoms with Gasteiger partial charge in [0.25, 0.3) is 0 Å². The molecular weight excluding hydrogens is 792 g/mol. The summed E-state index contributed by atoms with van der Waals surface area (Å²) in [4.78, 5) is 22.8. The first kappa shape index (κ1) is 60.2. The van der Waals surface area contributed by atoms with Gasteiger partial charge in [-0.2, -0.15) is 0 Å². The number of unbranched alkanes of at least 4 members (excludes halogenated alkanes) is 28. The molecule has 3 atom stereocenters. The Bertz CT molecular complexity index is 1150. The molecule has 0 saturated carbocycles. The minimum atomic E-state index is -4.35. The summed E-state index contributed by atoms with van der Waals surface area (Å²) in [5.41, 5.74) is 5.40. The molecule has 0 aromatic carbocycles. The number of carbonyl (C=O) groups excluding carboxylic acids is 1. The Labute approximate surface area is 383 Å². The molecule has 0 aromatic heterocycles. The van der Waals surface area contributed by atoms with E-state index in [1.165, 1.54) is 154 Å². The zero-order valence-electron chi connectivity index (χ0n) is 40.4. The van der Waals surface area contributed by atoms with Crippen molar-refractivity contribution in [2.24, 2.45) is 5.73 Å². The average Bonchev–Trinajstić information content (AvgIpc) is 3.26. The third-order valence-corrected chi connectivity index (χ3v) is 12.3. The number of allylic oxidation sites excluding steroid dienone is 9. The van der Waals surface area contributed by atoms with Crippen LogP contribution in [0.3, 0.4) is 0 Å². The molecule has 0 aromatic rings. The predicted octanol–water partition coefficient (Wildman–Crippen LogP) is 15.4. The van der Waals surface area contributed by atoms with Crippen LogP contribution in [-0.2, 0) is 18.4 Å². The second-order valence-electron chi connectivity index (χ2n) is 17.4. The van der Waals surface area contributed by atoms with Crippen molar-refractivity contribution < 1.29 is 28.4 Å². The van der Waals surface area contributed by atoms with E-state index in [-0.39, 0.29) is 25.7 Å². The summed E-state index contributed by atoms with van der Waals surface area (Å²) < 4.78 is 22.2. The van der Waals surface area contributed by atoms with E-state index < -0.39 is 20.0 Å². The van der Waals surface area contributed by atoms with Crippen molar-refractivity contribution in [3.8, 4) is 0 Å². The van der Waals surface area contributed by atoms with E-state index in [1.807, 2.05) is 6.08 Å². The Morgan fingerprint density at radius 3 is 1.37 bits per heavy atom. The fourth-order valence-corrected chi connectivity index (χ4v) is 8.24. The highest BCUT2D eigenvalue weighted by Crippen LogP contribution is 2.43. The van der Waals surface area contributed by atoms with Crippen molar-refractivity contribution in [2.75, 3.05) is 19.8 Å². The Morgan fingerprint density at radius 2 is 0.935 bits per heavy atom. The molecular formula is C53H99N2O6P. The van der Waals surface area contributed by atoms with Gasteiger partial charge in [0.1, 0.15) is 0 Å². The minimum absolute atomic E-state index is 0.0760. The first-order valence-electron chi connectivity index (χ1n) is 25.9. The molecule has 0 radical (unpaired) electrons. The van der Waals surface area contributed by atoms with E-state index in [0.717, 1.165) is 64.2 Å². The molecule has 362 valence electrons. The molecule has 0 aliphatic rings. The Morgan fingerprint density at radius 1 is 0.548 bits per heavy atom. The molecule has 9 heteroatoms. The zero-order chi connectivity index (χ0) is 45.3. The monoisotopic (exact) mass is 891 g/mol. The van der Waals surface area contributed by atoms with Crippen LogP contribution in [0.2, 0.25) is 0 Å². The van der Waals surface area contributed by atoms with Gasteiger partial charge in [-0.05, 0) is 57.8 Å². The van der Waals surface area contributed by atoms with Crippen molar-refractivity contribution in [1.82, 2.24) is 5.32 Å². The van der Waals surface area contributed by atoms with E-state index in [2.05, 4.69) is 67.8 Å². The number of rotatable bonds is 48. The molecule has 5 N–H and O–H groups in total. The van der Waals surface area contributed by atoms with E-state index in [0.29, 0.717) is 6.42 Å². The van der Waals surface area contributed by atoms with Crippen LogP contribution in [-0.4, -0.2) is 47.8 Å². The van der Waals surface area contributed by atoms with Gasteiger partial charge in [-0.3, -0.25) is 13.8 Å². The van der Waals surface area contributed by atoms with Crippen LogP contribution < -0.4 is 11.1 Å². The van der Waals surface area contributed by atoms with Crippen LogP contribution in [0.25, 0.3) is 0 Å². The highest BCUT2D eigenvalue weighted by atomic mass is 31.2. The molecule has 0 spiro atoms. The maximum Gasteiger partial charge on any atom is 0.472 e. The number of phosphoric ester groups is 1. The maximum absolute atomic E-state index is 12.8. The second kappa shape index (κ2) is 48.7. The number of nitrogens with two attached hydrogens (primary N) is 1. The van der Waals surface area contributed by atoms with Crippen LogP contribution in [0.4, 0.5) is 0 Å². The lowest BCUT2D eigenvalue weighted by atomic mass is 10.0. The van der Waals surface area contributed by atoms with E-state index in [1.54, 1.807) is 6.08 Å². The smallest absolute Gasteiger partial charge is 0.387 e. The van der Waals surface area contributed by atoms with Crippen LogP contribution in [0.1, 0.15) is 239 Å². The third-order valence-electron chi connectivity index (χ3n) is 11.3. The molecule has 8 nitrogen and oxygen atoms in total. The highest BCUT2D eigenvalue weighted by Gasteiger charge is 2.26.